The number of nitrogens with zero attached hydrogens (tertiary/aromatic N) is 1. The van der Waals surface area contributed by atoms with E-state index in [0.717, 1.165) is 18.5 Å². The van der Waals surface area contributed by atoms with Gasteiger partial charge in [-0.25, -0.2) is 4.98 Å². The lowest BCUT2D eigenvalue weighted by molar-refractivity contribution is 0.524. The van der Waals surface area contributed by atoms with Crippen LogP contribution in [0, 0.1) is 3.90 Å². The predicted molar refractivity (Wildman–Crippen MR) is 46.0 cm³/mol. The lowest BCUT2D eigenvalue weighted by Gasteiger charge is -1.95. The molecule has 54 valence electrons. The van der Waals surface area contributed by atoms with Crippen LogP contribution in [-0.2, 0) is 4.87 Å². The van der Waals surface area contributed by atoms with Gasteiger partial charge in [0.25, 0.3) is 3.90 Å². The summed E-state index contributed by atoms with van der Waals surface area (Å²) >= 11 is 8.09. The fraction of sp³-hybridized carbons (Fsp3) is 0.500. The van der Waals surface area contributed by atoms with Crippen molar-refractivity contribution < 1.29 is 4.42 Å². The molecule has 0 saturated heterocycles. The zero-order valence-electron chi connectivity index (χ0n) is 5.10. The highest BCUT2D eigenvalue weighted by atomic mass is 127. The van der Waals surface area contributed by atoms with E-state index in [1.165, 1.54) is 0 Å². The van der Waals surface area contributed by atoms with Crippen LogP contribution in [0.5, 0.6) is 0 Å². The first-order chi connectivity index (χ1) is 4.71. The number of oxazole rings is 1. The third-order valence-corrected chi connectivity index (χ3v) is 2.69. The number of alkyl halides is 1. The van der Waals surface area contributed by atoms with Crippen LogP contribution in [-0.4, -0.2) is 4.98 Å². The Balaban J connectivity index is 2.34. The van der Waals surface area contributed by atoms with E-state index in [2.05, 4.69) is 4.98 Å². The lowest BCUT2D eigenvalue weighted by atomic mass is 10.3. The third kappa shape index (κ3) is 1.05. The number of aromatic nitrogens is 1. The van der Waals surface area contributed by atoms with Crippen LogP contribution in [0.3, 0.4) is 0 Å². The van der Waals surface area contributed by atoms with Crippen molar-refractivity contribution in [2.75, 3.05) is 0 Å². The second-order valence-electron chi connectivity index (χ2n) is 2.45. The largest absolute Gasteiger partial charge is 0.440 e. The van der Waals surface area contributed by atoms with Crippen LogP contribution in [0.4, 0.5) is 0 Å². The highest BCUT2D eigenvalue weighted by molar-refractivity contribution is 14.1. The zero-order chi connectivity index (χ0) is 7.19. The third-order valence-electron chi connectivity index (χ3n) is 1.62. The van der Waals surface area contributed by atoms with Crippen LogP contribution in [0.15, 0.2) is 10.7 Å². The van der Waals surface area contributed by atoms with E-state index in [1.54, 1.807) is 6.26 Å². The number of rotatable bonds is 1. The molecule has 1 heterocycles. The van der Waals surface area contributed by atoms with E-state index < -0.39 is 0 Å². The topological polar surface area (TPSA) is 26.0 Å². The molecule has 0 aliphatic heterocycles. The van der Waals surface area contributed by atoms with E-state index in [0.29, 0.717) is 3.90 Å². The van der Waals surface area contributed by atoms with Gasteiger partial charge in [-0.1, -0.05) is 0 Å². The summed E-state index contributed by atoms with van der Waals surface area (Å²) in [6, 6.07) is 0. The standard InChI is InChI=1S/C6H5ClINO/c7-6(1-2-6)4-3-10-5(8)9-4/h3H,1-2H2. The van der Waals surface area contributed by atoms with Gasteiger partial charge >= 0.3 is 0 Å². The molecule has 0 amide bonds. The molecule has 2 nitrogen and oxygen atoms in total. The van der Waals surface area contributed by atoms with E-state index in [-0.39, 0.29) is 4.87 Å². The minimum absolute atomic E-state index is 0.174. The Labute approximate surface area is 77.1 Å². The van der Waals surface area contributed by atoms with Crippen LogP contribution >= 0.6 is 34.2 Å². The minimum Gasteiger partial charge on any atom is -0.440 e. The summed E-state index contributed by atoms with van der Waals surface area (Å²) in [5, 5.41) is 0. The number of hydrogen-bond acceptors (Lipinski definition) is 2. The second-order valence-corrected chi connectivity index (χ2v) is 4.10. The fourth-order valence-electron chi connectivity index (χ4n) is 0.824. The Morgan fingerprint density at radius 3 is 2.80 bits per heavy atom. The van der Waals surface area contributed by atoms with Crippen LogP contribution in [0.1, 0.15) is 18.5 Å². The summed E-state index contributed by atoms with van der Waals surface area (Å²) < 4.78 is 5.69. The first-order valence-corrected chi connectivity index (χ1v) is 4.47. The van der Waals surface area contributed by atoms with Crippen LogP contribution in [0.25, 0.3) is 0 Å². The van der Waals surface area contributed by atoms with Gasteiger partial charge in [-0.3, -0.25) is 0 Å². The molecular weight excluding hydrogens is 264 g/mol. The van der Waals surface area contributed by atoms with Crippen molar-refractivity contribution in [3.63, 3.8) is 0 Å². The molecule has 0 atom stereocenters. The van der Waals surface area contributed by atoms with E-state index in [9.17, 15) is 0 Å². The SMILES string of the molecule is ClC1(c2coc(I)n2)CC1. The molecule has 1 saturated carbocycles. The van der Waals surface area contributed by atoms with Crippen molar-refractivity contribution in [2.45, 2.75) is 17.7 Å². The van der Waals surface area contributed by atoms with Crippen LogP contribution in [0.2, 0.25) is 0 Å². The lowest BCUT2D eigenvalue weighted by Crippen LogP contribution is -1.95. The van der Waals surface area contributed by atoms with Crippen molar-refractivity contribution in [1.82, 2.24) is 4.98 Å². The molecule has 1 aliphatic carbocycles. The maximum atomic E-state index is 6.06. The normalized spacial score (nSPS) is 21.0. The van der Waals surface area contributed by atoms with Gasteiger partial charge in [-0.15, -0.1) is 11.6 Å². The predicted octanol–water partition coefficient (Wildman–Crippen LogP) is 2.51. The van der Waals surface area contributed by atoms with Gasteiger partial charge in [0.1, 0.15) is 12.0 Å². The summed E-state index contributed by atoms with van der Waals surface area (Å²) in [5.41, 5.74) is 0.888. The molecule has 2 rings (SSSR count). The monoisotopic (exact) mass is 269 g/mol. The maximum absolute atomic E-state index is 6.06. The molecule has 1 aliphatic rings. The molecule has 1 fully saturated rings. The molecule has 4 heteroatoms. The molecule has 1 aromatic rings. The zero-order valence-corrected chi connectivity index (χ0v) is 8.02. The van der Waals surface area contributed by atoms with Crippen molar-refractivity contribution in [2.24, 2.45) is 0 Å². The first-order valence-electron chi connectivity index (χ1n) is 3.01. The molecule has 10 heavy (non-hydrogen) atoms. The van der Waals surface area contributed by atoms with Crippen molar-refractivity contribution in [1.29, 1.82) is 0 Å². The van der Waals surface area contributed by atoms with Gasteiger partial charge < -0.3 is 4.42 Å². The molecule has 0 spiro atoms. The van der Waals surface area contributed by atoms with Gasteiger partial charge in [0.15, 0.2) is 0 Å². The molecule has 0 unspecified atom stereocenters. The second kappa shape index (κ2) is 2.11. The summed E-state index contributed by atoms with van der Waals surface area (Å²) in [6.07, 6.45) is 3.69. The highest BCUT2D eigenvalue weighted by Crippen LogP contribution is 2.51. The Bertz CT molecular complexity index is 256. The number of halogens is 2. The van der Waals surface area contributed by atoms with Gasteiger partial charge in [-0.2, -0.15) is 0 Å². The molecule has 0 radical (unpaired) electrons. The summed E-state index contributed by atoms with van der Waals surface area (Å²) in [7, 11) is 0. The average molecular weight is 269 g/mol. The minimum atomic E-state index is -0.174. The molecule has 0 aromatic carbocycles. The Morgan fingerprint density at radius 2 is 2.40 bits per heavy atom. The summed E-state index contributed by atoms with van der Waals surface area (Å²) in [6.45, 7) is 0. The molecular formula is C6H5ClINO. The maximum Gasteiger partial charge on any atom is 0.257 e. The molecule has 1 aromatic heterocycles. The number of hydrogen-bond donors (Lipinski definition) is 0. The van der Waals surface area contributed by atoms with Crippen molar-refractivity contribution in [3.8, 4) is 0 Å². The van der Waals surface area contributed by atoms with E-state index >= 15 is 0 Å². The summed E-state index contributed by atoms with van der Waals surface area (Å²) in [5.74, 6) is 0. The fourth-order valence-corrected chi connectivity index (χ4v) is 1.39. The van der Waals surface area contributed by atoms with Gasteiger partial charge in [0.05, 0.1) is 4.87 Å². The van der Waals surface area contributed by atoms with Crippen molar-refractivity contribution >= 4 is 34.2 Å². The Kier molecular flexibility index (Phi) is 1.46. The first kappa shape index (κ1) is 6.91. The smallest absolute Gasteiger partial charge is 0.257 e. The van der Waals surface area contributed by atoms with Crippen molar-refractivity contribution in [3.05, 3.63) is 15.9 Å². The summed E-state index contributed by atoms with van der Waals surface area (Å²) in [4.78, 5) is 3.96. The van der Waals surface area contributed by atoms with Gasteiger partial charge in [0, 0.05) is 22.6 Å². The van der Waals surface area contributed by atoms with Crippen LogP contribution < -0.4 is 0 Å². The Hall–Kier alpha value is 0.230. The Morgan fingerprint density at radius 1 is 1.70 bits per heavy atom. The van der Waals surface area contributed by atoms with Gasteiger partial charge in [-0.05, 0) is 12.8 Å². The average Bonchev–Trinajstić information content (AvgIpc) is 2.45. The highest BCUT2D eigenvalue weighted by Gasteiger charge is 2.44. The molecule has 0 bridgehead atoms. The van der Waals surface area contributed by atoms with E-state index in [4.69, 9.17) is 16.0 Å². The molecule has 0 N–H and O–H groups in total. The van der Waals surface area contributed by atoms with E-state index in [1.807, 2.05) is 22.6 Å². The van der Waals surface area contributed by atoms with Gasteiger partial charge in [0.2, 0.25) is 0 Å². The quantitative estimate of drug-likeness (QED) is 0.578.